The second-order valence-corrected chi connectivity index (χ2v) is 2.83. The van der Waals surface area contributed by atoms with Crippen molar-refractivity contribution in [1.82, 2.24) is 0 Å². The van der Waals surface area contributed by atoms with Crippen molar-refractivity contribution in [2.45, 2.75) is 32.7 Å². The van der Waals surface area contributed by atoms with Crippen LogP contribution in [0.25, 0.3) is 0 Å². The molecule has 6 nitrogen and oxygen atoms in total. The Labute approximate surface area is 93.6 Å². The lowest BCUT2D eigenvalue weighted by atomic mass is 10.1. The average molecular weight is 229 g/mol. The third-order valence-electron chi connectivity index (χ3n) is 1.69. The number of carbonyl (C=O) groups excluding carboxylic acids is 3. The summed E-state index contributed by atoms with van der Waals surface area (Å²) in [6, 6.07) is -0.971. The molecule has 0 saturated carbocycles. The molecule has 0 saturated heterocycles. The molecule has 0 spiro atoms. The lowest BCUT2D eigenvalue weighted by Gasteiger charge is -2.08. The number of hydrogen-bond donors (Lipinski definition) is 0. The van der Waals surface area contributed by atoms with Crippen molar-refractivity contribution in [3.05, 3.63) is 0 Å². The Balaban J connectivity index is 4.18. The molecule has 0 amide bonds. The Kier molecular flexibility index (Phi) is 7.71. The molecule has 16 heavy (non-hydrogen) atoms. The maximum absolute atomic E-state index is 11.3. The van der Waals surface area contributed by atoms with Gasteiger partial charge in [0.2, 0.25) is 6.08 Å². The van der Waals surface area contributed by atoms with Crippen LogP contribution in [0.2, 0.25) is 0 Å². The molecule has 0 heterocycles. The van der Waals surface area contributed by atoms with E-state index in [0.29, 0.717) is 0 Å². The second-order valence-electron chi connectivity index (χ2n) is 2.83. The monoisotopic (exact) mass is 229 g/mol. The van der Waals surface area contributed by atoms with Crippen molar-refractivity contribution >= 4 is 18.0 Å². The number of rotatable bonds is 7. The summed E-state index contributed by atoms with van der Waals surface area (Å²) in [5.74, 6) is -1.06. The summed E-state index contributed by atoms with van der Waals surface area (Å²) < 4.78 is 9.36. The molecule has 0 fully saturated rings. The van der Waals surface area contributed by atoms with E-state index in [0.717, 1.165) is 0 Å². The Bertz CT molecular complexity index is 283. The molecule has 6 heteroatoms. The van der Waals surface area contributed by atoms with Gasteiger partial charge in [-0.2, -0.15) is 4.99 Å². The van der Waals surface area contributed by atoms with Crippen LogP contribution in [0.1, 0.15) is 26.7 Å². The van der Waals surface area contributed by atoms with E-state index in [-0.39, 0.29) is 26.1 Å². The van der Waals surface area contributed by atoms with E-state index >= 15 is 0 Å². The zero-order valence-electron chi connectivity index (χ0n) is 9.39. The Morgan fingerprint density at radius 1 is 1.25 bits per heavy atom. The molecule has 0 aliphatic rings. The molecule has 0 bridgehead atoms. The summed E-state index contributed by atoms with van der Waals surface area (Å²) in [5.41, 5.74) is 0. The molecule has 0 aromatic carbocycles. The largest absolute Gasteiger partial charge is 0.466 e. The standard InChI is InChI=1S/C10H15NO5/c1-3-15-9(13)6-5-8(11-7-12)10(14)16-4-2/h8H,3-6H2,1-2H3/t8-/m0/s1. The van der Waals surface area contributed by atoms with E-state index in [2.05, 4.69) is 14.5 Å². The second kappa shape index (κ2) is 8.61. The van der Waals surface area contributed by atoms with Crippen molar-refractivity contribution < 1.29 is 23.9 Å². The Morgan fingerprint density at radius 3 is 2.38 bits per heavy atom. The van der Waals surface area contributed by atoms with E-state index in [1.165, 1.54) is 6.08 Å². The number of hydrogen-bond acceptors (Lipinski definition) is 6. The summed E-state index contributed by atoms with van der Waals surface area (Å²) in [6.07, 6.45) is 1.39. The molecule has 0 N–H and O–H groups in total. The third-order valence-corrected chi connectivity index (χ3v) is 1.69. The van der Waals surface area contributed by atoms with Gasteiger partial charge in [0.1, 0.15) is 0 Å². The van der Waals surface area contributed by atoms with Crippen LogP contribution in [0.3, 0.4) is 0 Å². The van der Waals surface area contributed by atoms with Crippen LogP contribution in [0, 0.1) is 0 Å². The van der Waals surface area contributed by atoms with Gasteiger partial charge < -0.3 is 9.47 Å². The van der Waals surface area contributed by atoms with Crippen molar-refractivity contribution in [2.24, 2.45) is 4.99 Å². The lowest BCUT2D eigenvalue weighted by Crippen LogP contribution is -2.22. The van der Waals surface area contributed by atoms with E-state index < -0.39 is 18.0 Å². The topological polar surface area (TPSA) is 82.0 Å². The third kappa shape index (κ3) is 5.93. The minimum absolute atomic E-state index is 0.0164. The minimum atomic E-state index is -0.971. The highest BCUT2D eigenvalue weighted by Gasteiger charge is 2.20. The van der Waals surface area contributed by atoms with Crippen LogP contribution in [-0.2, 0) is 23.9 Å². The van der Waals surface area contributed by atoms with Crippen molar-refractivity contribution in [3.8, 4) is 0 Å². The van der Waals surface area contributed by atoms with Gasteiger partial charge in [-0.25, -0.2) is 9.59 Å². The highest BCUT2D eigenvalue weighted by molar-refractivity contribution is 5.78. The van der Waals surface area contributed by atoms with E-state index in [4.69, 9.17) is 0 Å². The molecule has 0 radical (unpaired) electrons. The molecule has 1 atom stereocenters. The highest BCUT2D eigenvalue weighted by atomic mass is 16.5. The molecular formula is C10H15NO5. The molecule has 0 aliphatic carbocycles. The zero-order valence-corrected chi connectivity index (χ0v) is 9.39. The van der Waals surface area contributed by atoms with Gasteiger partial charge in [-0.15, -0.1) is 0 Å². The van der Waals surface area contributed by atoms with Crippen LogP contribution in [0.5, 0.6) is 0 Å². The van der Waals surface area contributed by atoms with Gasteiger partial charge >= 0.3 is 11.9 Å². The van der Waals surface area contributed by atoms with Crippen molar-refractivity contribution in [1.29, 1.82) is 0 Å². The minimum Gasteiger partial charge on any atom is -0.466 e. The first-order valence-corrected chi connectivity index (χ1v) is 5.04. The lowest BCUT2D eigenvalue weighted by molar-refractivity contribution is -0.146. The van der Waals surface area contributed by atoms with Gasteiger partial charge in [0.05, 0.1) is 13.2 Å². The molecule has 0 aromatic heterocycles. The normalized spacial score (nSPS) is 11.1. The highest BCUT2D eigenvalue weighted by Crippen LogP contribution is 2.05. The first-order chi connectivity index (χ1) is 7.65. The number of carbonyl (C=O) groups is 2. The van der Waals surface area contributed by atoms with Crippen molar-refractivity contribution in [2.75, 3.05) is 13.2 Å². The molecule has 0 unspecified atom stereocenters. The fourth-order valence-electron chi connectivity index (χ4n) is 1.02. The van der Waals surface area contributed by atoms with E-state index in [9.17, 15) is 14.4 Å². The number of ether oxygens (including phenoxy) is 2. The molecule has 90 valence electrons. The summed E-state index contributed by atoms with van der Waals surface area (Å²) in [4.78, 5) is 35.6. The van der Waals surface area contributed by atoms with Gasteiger partial charge in [0.15, 0.2) is 6.04 Å². The maximum Gasteiger partial charge on any atom is 0.331 e. The molecule has 0 aliphatic heterocycles. The fraction of sp³-hybridized carbons (Fsp3) is 0.700. The number of esters is 2. The van der Waals surface area contributed by atoms with Gasteiger partial charge in [-0.3, -0.25) is 4.79 Å². The predicted molar refractivity (Wildman–Crippen MR) is 54.4 cm³/mol. The summed E-state index contributed by atoms with van der Waals surface area (Å²) in [5, 5.41) is 0. The van der Waals surface area contributed by atoms with Crippen LogP contribution < -0.4 is 0 Å². The molecular weight excluding hydrogens is 214 g/mol. The van der Waals surface area contributed by atoms with Crippen LogP contribution >= 0.6 is 0 Å². The SMILES string of the molecule is CCOC(=O)CC[C@H](N=C=O)C(=O)OCC. The zero-order chi connectivity index (χ0) is 12.4. The quantitative estimate of drug-likeness (QED) is 0.362. The number of aliphatic imine (C=N–C) groups is 1. The Hall–Kier alpha value is -1.68. The smallest absolute Gasteiger partial charge is 0.331 e. The number of nitrogens with zero attached hydrogens (tertiary/aromatic N) is 1. The van der Waals surface area contributed by atoms with Crippen molar-refractivity contribution in [3.63, 3.8) is 0 Å². The van der Waals surface area contributed by atoms with Gasteiger partial charge in [-0.05, 0) is 20.3 Å². The molecule has 0 aromatic rings. The van der Waals surface area contributed by atoms with Gasteiger partial charge in [0.25, 0.3) is 0 Å². The summed E-state index contributed by atoms with van der Waals surface area (Å²) >= 11 is 0. The first kappa shape index (κ1) is 14.3. The van der Waals surface area contributed by atoms with Gasteiger partial charge in [0, 0.05) is 6.42 Å². The summed E-state index contributed by atoms with van der Waals surface area (Å²) in [6.45, 7) is 3.80. The van der Waals surface area contributed by atoms with Gasteiger partial charge in [-0.1, -0.05) is 0 Å². The predicted octanol–water partition coefficient (Wildman–Crippen LogP) is 0.597. The molecule has 0 rings (SSSR count). The Morgan fingerprint density at radius 2 is 1.88 bits per heavy atom. The fourth-order valence-corrected chi connectivity index (χ4v) is 1.02. The van der Waals surface area contributed by atoms with Crippen LogP contribution in [0.15, 0.2) is 4.99 Å². The van der Waals surface area contributed by atoms with E-state index in [1.807, 2.05) is 0 Å². The van der Waals surface area contributed by atoms with Crippen LogP contribution in [0.4, 0.5) is 0 Å². The van der Waals surface area contributed by atoms with E-state index in [1.54, 1.807) is 13.8 Å². The average Bonchev–Trinajstić information content (AvgIpc) is 2.24. The maximum atomic E-state index is 11.3. The first-order valence-electron chi connectivity index (χ1n) is 5.04. The number of isocyanates is 1. The summed E-state index contributed by atoms with van der Waals surface area (Å²) in [7, 11) is 0. The van der Waals surface area contributed by atoms with Crippen LogP contribution in [-0.4, -0.2) is 37.3 Å².